The number of piperazine rings is 1. The van der Waals surface area contributed by atoms with Gasteiger partial charge >= 0.3 is 12.1 Å². The number of carbonyl (C=O) groups excluding carboxylic acids is 2. The normalized spacial score (nSPS) is 17.4. The predicted octanol–water partition coefficient (Wildman–Crippen LogP) is 1.92. The average Bonchev–Trinajstić information content (AvgIpc) is 2.59. The summed E-state index contributed by atoms with van der Waals surface area (Å²) in [6.07, 6.45) is -0.243. The van der Waals surface area contributed by atoms with E-state index in [4.69, 9.17) is 4.74 Å². The van der Waals surface area contributed by atoms with Gasteiger partial charge in [0.15, 0.2) is 6.29 Å². The highest BCUT2D eigenvalue weighted by Gasteiger charge is 2.38. The van der Waals surface area contributed by atoms with Crippen molar-refractivity contribution in [2.45, 2.75) is 32.4 Å². The van der Waals surface area contributed by atoms with E-state index in [0.29, 0.717) is 12.0 Å². The van der Waals surface area contributed by atoms with Crippen LogP contribution in [0.25, 0.3) is 0 Å². The molecule has 1 aliphatic rings. The van der Waals surface area contributed by atoms with Crippen molar-refractivity contribution >= 4 is 29.7 Å². The second-order valence-electron chi connectivity index (χ2n) is 7.09. The van der Waals surface area contributed by atoms with Crippen molar-refractivity contribution in [1.82, 2.24) is 4.90 Å². The molecule has 1 fully saturated rings. The number of carboxylic acid groups (broad SMARTS) is 1. The summed E-state index contributed by atoms with van der Waals surface area (Å²) in [4.78, 5) is 48.3. The SMILES string of the molecule is CC(C)(C)OC(=O)N1CCN(c2ccc([N+](=O)[O-])cc2C=O)CC1C(=O)O. The molecule has 1 saturated heterocycles. The minimum atomic E-state index is -1.21. The number of benzene rings is 1. The number of hydrogen-bond acceptors (Lipinski definition) is 7. The molecule has 1 atom stereocenters. The van der Waals surface area contributed by atoms with Crippen LogP contribution in [0, 0.1) is 10.1 Å². The number of rotatable bonds is 4. The summed E-state index contributed by atoms with van der Waals surface area (Å²) < 4.78 is 5.26. The number of nitro groups is 1. The van der Waals surface area contributed by atoms with Gasteiger partial charge in [0.05, 0.1) is 4.92 Å². The Morgan fingerprint density at radius 3 is 2.52 bits per heavy atom. The van der Waals surface area contributed by atoms with Crippen molar-refractivity contribution in [3.8, 4) is 0 Å². The van der Waals surface area contributed by atoms with Crippen LogP contribution in [0.1, 0.15) is 31.1 Å². The maximum Gasteiger partial charge on any atom is 0.411 e. The lowest BCUT2D eigenvalue weighted by atomic mass is 10.1. The quantitative estimate of drug-likeness (QED) is 0.477. The van der Waals surface area contributed by atoms with Gasteiger partial charge in [-0.15, -0.1) is 0 Å². The number of ether oxygens (including phenoxy) is 1. The first-order valence-corrected chi connectivity index (χ1v) is 8.24. The third kappa shape index (κ3) is 4.72. The van der Waals surface area contributed by atoms with Crippen molar-refractivity contribution in [3.05, 3.63) is 33.9 Å². The molecule has 0 radical (unpaired) electrons. The fraction of sp³-hybridized carbons (Fsp3) is 0.471. The number of hydrogen-bond donors (Lipinski definition) is 1. The molecule has 10 heteroatoms. The summed E-state index contributed by atoms with van der Waals surface area (Å²) in [6.45, 7) is 5.30. The number of amides is 1. The van der Waals surface area contributed by atoms with Crippen molar-refractivity contribution in [2.75, 3.05) is 24.5 Å². The molecule has 1 aromatic rings. The number of nitrogens with zero attached hydrogens (tertiary/aromatic N) is 3. The number of aldehydes is 1. The summed E-state index contributed by atoms with van der Waals surface area (Å²) in [5.74, 6) is -1.21. The lowest BCUT2D eigenvalue weighted by Crippen LogP contribution is -2.59. The molecule has 1 aromatic carbocycles. The summed E-state index contributed by atoms with van der Waals surface area (Å²) in [5.41, 5.74) is -0.534. The first kappa shape index (κ1) is 20.1. The number of aliphatic carboxylic acids is 1. The van der Waals surface area contributed by atoms with Gasteiger partial charge in [-0.05, 0) is 26.8 Å². The molecule has 2 rings (SSSR count). The second kappa shape index (κ2) is 7.60. The van der Waals surface area contributed by atoms with Crippen LogP contribution in [0.3, 0.4) is 0 Å². The second-order valence-corrected chi connectivity index (χ2v) is 7.09. The summed E-state index contributed by atoms with van der Waals surface area (Å²) in [5, 5.41) is 20.4. The molecule has 27 heavy (non-hydrogen) atoms. The Hall–Kier alpha value is -3.17. The molecule has 1 heterocycles. The zero-order valence-electron chi connectivity index (χ0n) is 15.2. The third-order valence-corrected chi connectivity index (χ3v) is 3.98. The van der Waals surface area contributed by atoms with Crippen molar-refractivity contribution in [1.29, 1.82) is 0 Å². The molecule has 0 spiro atoms. The molecular weight excluding hydrogens is 358 g/mol. The third-order valence-electron chi connectivity index (χ3n) is 3.98. The van der Waals surface area contributed by atoms with Gasteiger partial charge in [-0.3, -0.25) is 19.8 Å². The first-order valence-electron chi connectivity index (χ1n) is 8.24. The van der Waals surface area contributed by atoms with E-state index in [0.717, 1.165) is 11.0 Å². The smallest absolute Gasteiger partial charge is 0.411 e. The highest BCUT2D eigenvalue weighted by atomic mass is 16.6. The van der Waals surface area contributed by atoms with E-state index in [1.54, 1.807) is 25.7 Å². The van der Waals surface area contributed by atoms with Crippen molar-refractivity contribution in [2.24, 2.45) is 0 Å². The highest BCUT2D eigenvalue weighted by molar-refractivity contribution is 5.87. The molecule has 0 bridgehead atoms. The lowest BCUT2D eigenvalue weighted by Gasteiger charge is -2.40. The monoisotopic (exact) mass is 379 g/mol. The Morgan fingerprint density at radius 2 is 2.00 bits per heavy atom. The maximum absolute atomic E-state index is 12.3. The van der Waals surface area contributed by atoms with Crippen LogP contribution in [0.15, 0.2) is 18.2 Å². The standard InChI is InChI=1S/C17H21N3O7/c1-17(2,3)27-16(24)19-7-6-18(9-14(19)15(22)23)13-5-4-12(20(25)26)8-11(13)10-21/h4-5,8,10,14H,6-7,9H2,1-3H3,(H,22,23). The van der Waals surface area contributed by atoms with Gasteiger partial charge < -0.3 is 14.7 Å². The van der Waals surface area contributed by atoms with Crippen LogP contribution in [0.2, 0.25) is 0 Å². The van der Waals surface area contributed by atoms with E-state index in [2.05, 4.69) is 0 Å². The molecule has 1 amide bonds. The van der Waals surface area contributed by atoms with E-state index in [1.165, 1.54) is 12.1 Å². The average molecular weight is 379 g/mol. The fourth-order valence-corrected chi connectivity index (χ4v) is 2.79. The van der Waals surface area contributed by atoms with Crippen LogP contribution in [-0.2, 0) is 9.53 Å². The van der Waals surface area contributed by atoms with Gasteiger partial charge in [-0.25, -0.2) is 9.59 Å². The molecule has 1 N–H and O–H groups in total. The first-order chi connectivity index (χ1) is 12.5. The van der Waals surface area contributed by atoms with Gasteiger partial charge in [0.1, 0.15) is 11.6 Å². The van der Waals surface area contributed by atoms with Crippen LogP contribution < -0.4 is 4.90 Å². The summed E-state index contributed by atoms with van der Waals surface area (Å²) >= 11 is 0. The van der Waals surface area contributed by atoms with Crippen molar-refractivity contribution < 1.29 is 29.2 Å². The van der Waals surface area contributed by atoms with Crippen LogP contribution in [-0.4, -0.2) is 64.6 Å². The zero-order valence-corrected chi connectivity index (χ0v) is 15.2. The molecule has 0 aromatic heterocycles. The van der Waals surface area contributed by atoms with E-state index < -0.39 is 28.6 Å². The number of anilines is 1. The van der Waals surface area contributed by atoms with E-state index in [9.17, 15) is 29.6 Å². The number of carboxylic acids is 1. The van der Waals surface area contributed by atoms with Gasteiger partial charge in [-0.1, -0.05) is 0 Å². The Bertz CT molecular complexity index is 772. The highest BCUT2D eigenvalue weighted by Crippen LogP contribution is 2.27. The van der Waals surface area contributed by atoms with E-state index in [-0.39, 0.29) is 30.9 Å². The Labute approximate surface area is 155 Å². The Balaban J connectivity index is 2.26. The Kier molecular flexibility index (Phi) is 5.67. The molecule has 0 saturated carbocycles. The predicted molar refractivity (Wildman–Crippen MR) is 95.1 cm³/mol. The Morgan fingerprint density at radius 1 is 1.33 bits per heavy atom. The summed E-state index contributed by atoms with van der Waals surface area (Å²) in [6, 6.07) is 2.61. The topological polar surface area (TPSA) is 130 Å². The molecule has 0 aliphatic carbocycles. The molecule has 1 unspecified atom stereocenters. The number of non-ortho nitro benzene ring substituents is 1. The van der Waals surface area contributed by atoms with Crippen LogP contribution in [0.5, 0.6) is 0 Å². The lowest BCUT2D eigenvalue weighted by molar-refractivity contribution is -0.384. The largest absolute Gasteiger partial charge is 0.480 e. The minimum absolute atomic E-state index is 0.0706. The van der Waals surface area contributed by atoms with E-state index in [1.807, 2.05) is 0 Å². The van der Waals surface area contributed by atoms with Crippen molar-refractivity contribution in [3.63, 3.8) is 0 Å². The number of carbonyl (C=O) groups is 3. The minimum Gasteiger partial charge on any atom is -0.480 e. The maximum atomic E-state index is 12.3. The zero-order chi connectivity index (χ0) is 20.4. The summed E-state index contributed by atoms with van der Waals surface area (Å²) in [7, 11) is 0. The van der Waals surface area contributed by atoms with Crippen LogP contribution >= 0.6 is 0 Å². The number of nitro benzene ring substituents is 1. The van der Waals surface area contributed by atoms with Crippen LogP contribution in [0.4, 0.5) is 16.2 Å². The van der Waals surface area contributed by atoms with Gasteiger partial charge in [0.2, 0.25) is 0 Å². The van der Waals surface area contributed by atoms with Gasteiger partial charge in [0.25, 0.3) is 5.69 Å². The van der Waals surface area contributed by atoms with Gasteiger partial charge in [0, 0.05) is 43.0 Å². The molecule has 1 aliphatic heterocycles. The molecule has 146 valence electrons. The fourth-order valence-electron chi connectivity index (χ4n) is 2.79. The van der Waals surface area contributed by atoms with E-state index >= 15 is 0 Å². The molecular formula is C17H21N3O7. The molecule has 10 nitrogen and oxygen atoms in total. The van der Waals surface area contributed by atoms with Gasteiger partial charge in [-0.2, -0.15) is 0 Å².